The highest BCUT2D eigenvalue weighted by atomic mass is 16.3. The summed E-state index contributed by atoms with van der Waals surface area (Å²) < 4.78 is 5.29. The number of carbonyl (C=O) groups is 2. The van der Waals surface area contributed by atoms with E-state index in [0.717, 1.165) is 44.6 Å². The fraction of sp³-hybridized carbons (Fsp3) is 0.600. The molecular weight excluding hydrogens is 270 g/mol. The summed E-state index contributed by atoms with van der Waals surface area (Å²) in [5, 5.41) is 3.23. The Labute approximate surface area is 124 Å². The summed E-state index contributed by atoms with van der Waals surface area (Å²) in [5.74, 6) is 0.269. The van der Waals surface area contributed by atoms with Crippen LogP contribution in [-0.2, 0) is 4.79 Å². The SMILES string of the molecule is Cc1ccoc1C(=O)N1CCCC1C(=O)N1CCNCC1. The van der Waals surface area contributed by atoms with Crippen LogP contribution in [0.4, 0.5) is 0 Å². The second kappa shape index (κ2) is 5.89. The van der Waals surface area contributed by atoms with Gasteiger partial charge in [0, 0.05) is 38.3 Å². The van der Waals surface area contributed by atoms with E-state index in [9.17, 15) is 9.59 Å². The maximum absolute atomic E-state index is 12.6. The summed E-state index contributed by atoms with van der Waals surface area (Å²) in [6, 6.07) is 1.44. The average Bonchev–Trinajstić information content (AvgIpc) is 3.15. The Bertz CT molecular complexity index is 534. The number of rotatable bonds is 2. The molecule has 0 aliphatic carbocycles. The van der Waals surface area contributed by atoms with E-state index in [1.54, 1.807) is 11.0 Å². The van der Waals surface area contributed by atoms with Crippen molar-refractivity contribution in [3.8, 4) is 0 Å². The summed E-state index contributed by atoms with van der Waals surface area (Å²) in [7, 11) is 0. The molecule has 21 heavy (non-hydrogen) atoms. The minimum atomic E-state index is -0.333. The number of likely N-dealkylation sites (tertiary alicyclic amines) is 1. The topological polar surface area (TPSA) is 65.8 Å². The number of nitrogens with one attached hydrogen (secondary N) is 1. The van der Waals surface area contributed by atoms with Gasteiger partial charge in [0.05, 0.1) is 6.26 Å². The normalized spacial score (nSPS) is 22.6. The first kappa shape index (κ1) is 14.1. The quantitative estimate of drug-likeness (QED) is 0.868. The minimum Gasteiger partial charge on any atom is -0.459 e. The maximum Gasteiger partial charge on any atom is 0.290 e. The molecule has 1 N–H and O–H groups in total. The molecule has 2 aliphatic heterocycles. The summed E-state index contributed by atoms with van der Waals surface area (Å²) in [4.78, 5) is 28.8. The lowest BCUT2D eigenvalue weighted by Crippen LogP contribution is -2.53. The third-order valence-corrected chi connectivity index (χ3v) is 4.28. The second-order valence-electron chi connectivity index (χ2n) is 5.66. The molecule has 1 unspecified atom stereocenters. The Morgan fingerprint density at radius 3 is 2.71 bits per heavy atom. The van der Waals surface area contributed by atoms with Crippen LogP contribution < -0.4 is 5.32 Å². The second-order valence-corrected chi connectivity index (χ2v) is 5.66. The summed E-state index contributed by atoms with van der Waals surface area (Å²) in [5.41, 5.74) is 0.820. The van der Waals surface area contributed by atoms with Crippen molar-refractivity contribution >= 4 is 11.8 Å². The molecule has 1 aromatic heterocycles. The molecule has 0 spiro atoms. The van der Waals surface area contributed by atoms with Crippen molar-refractivity contribution < 1.29 is 14.0 Å². The highest BCUT2D eigenvalue weighted by molar-refractivity contribution is 5.97. The predicted molar refractivity (Wildman–Crippen MR) is 77.0 cm³/mol. The molecule has 114 valence electrons. The molecule has 2 saturated heterocycles. The Balaban J connectivity index is 1.74. The van der Waals surface area contributed by atoms with Crippen molar-refractivity contribution in [1.82, 2.24) is 15.1 Å². The Kier molecular flexibility index (Phi) is 3.96. The monoisotopic (exact) mass is 291 g/mol. The van der Waals surface area contributed by atoms with Gasteiger partial charge in [0.25, 0.3) is 5.91 Å². The molecule has 2 fully saturated rings. The van der Waals surface area contributed by atoms with Gasteiger partial charge in [-0.05, 0) is 25.8 Å². The number of piperazine rings is 1. The summed E-state index contributed by atoms with van der Waals surface area (Å²) in [6.45, 7) is 5.56. The number of nitrogens with zero attached hydrogens (tertiary/aromatic N) is 2. The van der Waals surface area contributed by atoms with Gasteiger partial charge in [-0.1, -0.05) is 0 Å². The van der Waals surface area contributed by atoms with Crippen LogP contribution in [-0.4, -0.2) is 60.4 Å². The van der Waals surface area contributed by atoms with Crippen LogP contribution in [0.25, 0.3) is 0 Å². The van der Waals surface area contributed by atoms with Gasteiger partial charge >= 0.3 is 0 Å². The van der Waals surface area contributed by atoms with Crippen LogP contribution in [0.2, 0.25) is 0 Å². The zero-order valence-electron chi connectivity index (χ0n) is 12.3. The third-order valence-electron chi connectivity index (χ3n) is 4.28. The number of carbonyl (C=O) groups excluding carboxylic acids is 2. The van der Waals surface area contributed by atoms with Gasteiger partial charge < -0.3 is 19.5 Å². The lowest BCUT2D eigenvalue weighted by atomic mass is 10.1. The fourth-order valence-electron chi connectivity index (χ4n) is 3.08. The third kappa shape index (κ3) is 2.68. The predicted octanol–water partition coefficient (Wildman–Crippen LogP) is 0.624. The van der Waals surface area contributed by atoms with E-state index in [2.05, 4.69) is 5.32 Å². The molecule has 6 heteroatoms. The molecule has 3 heterocycles. The van der Waals surface area contributed by atoms with Crippen molar-refractivity contribution in [1.29, 1.82) is 0 Å². The molecular formula is C15H21N3O3. The van der Waals surface area contributed by atoms with E-state index < -0.39 is 0 Å². The standard InChI is InChI=1S/C15H21N3O3/c1-11-4-10-21-13(11)15(20)18-7-2-3-12(18)14(19)17-8-5-16-6-9-17/h4,10,12,16H,2-3,5-9H2,1H3. The van der Waals surface area contributed by atoms with Crippen LogP contribution in [0.3, 0.4) is 0 Å². The van der Waals surface area contributed by atoms with E-state index >= 15 is 0 Å². The minimum absolute atomic E-state index is 0.0755. The van der Waals surface area contributed by atoms with E-state index in [0.29, 0.717) is 12.3 Å². The van der Waals surface area contributed by atoms with Crippen molar-refractivity contribution in [2.24, 2.45) is 0 Å². The Morgan fingerprint density at radius 2 is 2.05 bits per heavy atom. The van der Waals surface area contributed by atoms with Crippen LogP contribution in [0, 0.1) is 6.92 Å². The molecule has 2 amide bonds. The molecule has 3 rings (SSSR count). The van der Waals surface area contributed by atoms with E-state index in [1.807, 2.05) is 11.8 Å². The summed E-state index contributed by atoms with van der Waals surface area (Å²) >= 11 is 0. The first-order valence-corrected chi connectivity index (χ1v) is 7.53. The smallest absolute Gasteiger partial charge is 0.290 e. The lowest BCUT2D eigenvalue weighted by Gasteiger charge is -2.32. The first-order valence-electron chi connectivity index (χ1n) is 7.53. The van der Waals surface area contributed by atoms with Gasteiger partial charge in [-0.2, -0.15) is 0 Å². The molecule has 0 bridgehead atoms. The van der Waals surface area contributed by atoms with Crippen molar-refractivity contribution in [2.45, 2.75) is 25.8 Å². The van der Waals surface area contributed by atoms with Gasteiger partial charge in [0.1, 0.15) is 6.04 Å². The number of amides is 2. The van der Waals surface area contributed by atoms with Gasteiger partial charge in [-0.15, -0.1) is 0 Å². The highest BCUT2D eigenvalue weighted by Gasteiger charge is 2.38. The van der Waals surface area contributed by atoms with Crippen molar-refractivity contribution in [3.63, 3.8) is 0 Å². The molecule has 0 aromatic carbocycles. The maximum atomic E-state index is 12.6. The van der Waals surface area contributed by atoms with Crippen molar-refractivity contribution in [3.05, 3.63) is 23.7 Å². The molecule has 1 atom stereocenters. The van der Waals surface area contributed by atoms with E-state index in [-0.39, 0.29) is 17.9 Å². The molecule has 0 saturated carbocycles. The largest absolute Gasteiger partial charge is 0.459 e. The first-order chi connectivity index (χ1) is 10.2. The van der Waals surface area contributed by atoms with Crippen LogP contribution in [0.1, 0.15) is 29.0 Å². The Morgan fingerprint density at radius 1 is 1.29 bits per heavy atom. The van der Waals surface area contributed by atoms with Crippen LogP contribution in [0.15, 0.2) is 16.7 Å². The molecule has 6 nitrogen and oxygen atoms in total. The van der Waals surface area contributed by atoms with Crippen LogP contribution in [0.5, 0.6) is 0 Å². The highest BCUT2D eigenvalue weighted by Crippen LogP contribution is 2.23. The van der Waals surface area contributed by atoms with Gasteiger partial charge in [-0.25, -0.2) is 0 Å². The zero-order valence-corrected chi connectivity index (χ0v) is 12.3. The lowest BCUT2D eigenvalue weighted by molar-refractivity contribution is -0.135. The summed E-state index contributed by atoms with van der Waals surface area (Å²) in [6.07, 6.45) is 3.13. The van der Waals surface area contributed by atoms with Crippen LogP contribution >= 0.6 is 0 Å². The molecule has 2 aliphatic rings. The molecule has 0 radical (unpaired) electrons. The number of hydrogen-bond donors (Lipinski definition) is 1. The van der Waals surface area contributed by atoms with Gasteiger partial charge in [0.2, 0.25) is 5.91 Å². The zero-order chi connectivity index (χ0) is 14.8. The van der Waals surface area contributed by atoms with Crippen molar-refractivity contribution in [2.75, 3.05) is 32.7 Å². The fourth-order valence-corrected chi connectivity index (χ4v) is 3.08. The number of aryl methyl sites for hydroxylation is 1. The number of furan rings is 1. The van der Waals surface area contributed by atoms with E-state index in [4.69, 9.17) is 4.42 Å². The Hall–Kier alpha value is -1.82. The van der Waals surface area contributed by atoms with E-state index in [1.165, 1.54) is 6.26 Å². The van der Waals surface area contributed by atoms with Gasteiger partial charge in [0.15, 0.2) is 5.76 Å². The average molecular weight is 291 g/mol. The van der Waals surface area contributed by atoms with Gasteiger partial charge in [-0.3, -0.25) is 9.59 Å². The number of hydrogen-bond acceptors (Lipinski definition) is 4. The molecule has 1 aromatic rings.